The van der Waals surface area contributed by atoms with Crippen LogP contribution in [0.3, 0.4) is 0 Å². The van der Waals surface area contributed by atoms with Crippen LogP contribution in [-0.4, -0.2) is 41.5 Å². The Balaban J connectivity index is 2.15. The van der Waals surface area contributed by atoms with E-state index in [1.54, 1.807) is 4.90 Å². The molecule has 1 heterocycles. The van der Waals surface area contributed by atoms with Crippen LogP contribution in [0.2, 0.25) is 0 Å². The molecule has 6 nitrogen and oxygen atoms in total. The highest BCUT2D eigenvalue weighted by Crippen LogP contribution is 2.02. The van der Waals surface area contributed by atoms with Gasteiger partial charge in [-0.15, -0.1) is 0 Å². The van der Waals surface area contributed by atoms with Gasteiger partial charge in [0.2, 0.25) is 0 Å². The molecule has 2 amide bonds. The minimum absolute atomic E-state index is 0.0103. The van der Waals surface area contributed by atoms with Crippen molar-refractivity contribution in [2.75, 3.05) is 25.4 Å². The summed E-state index contributed by atoms with van der Waals surface area (Å²) in [5, 5.41) is 6.37. The lowest BCUT2D eigenvalue weighted by Crippen LogP contribution is -2.30. The number of carbonyl (C=O) groups excluding carboxylic acids is 1. The molecule has 1 aliphatic rings. The van der Waals surface area contributed by atoms with E-state index in [0.29, 0.717) is 11.7 Å². The molecule has 1 rings (SSSR count). The van der Waals surface area contributed by atoms with Crippen LogP contribution in [0.25, 0.3) is 0 Å². The second kappa shape index (κ2) is 4.80. The highest BCUT2D eigenvalue weighted by atomic mass is 32.2. The molecule has 74 valence electrons. The van der Waals surface area contributed by atoms with Gasteiger partial charge in [-0.25, -0.2) is 4.79 Å². The number of thioether (sulfide) groups is 1. The fraction of sp³-hybridized carbons (Fsp3) is 0.667. The van der Waals surface area contributed by atoms with Crippen LogP contribution in [0.4, 0.5) is 4.79 Å². The summed E-state index contributed by atoms with van der Waals surface area (Å²) in [4.78, 5) is 12.8. The standard InChI is InChI=1S/C6H13N5OS/c7-5(10-8)13-4-3-11-2-1-9-6(11)12/h1-4,8H2,(H2,7,10)(H,9,12). The Morgan fingerprint density at radius 2 is 2.54 bits per heavy atom. The summed E-state index contributed by atoms with van der Waals surface area (Å²) in [6.45, 7) is 2.16. The number of urea groups is 1. The predicted octanol–water partition coefficient (Wildman–Crippen LogP) is -1.07. The number of carbonyl (C=O) groups is 1. The smallest absolute Gasteiger partial charge is 0.317 e. The molecule has 5 N–H and O–H groups in total. The van der Waals surface area contributed by atoms with Gasteiger partial charge in [-0.05, 0) is 0 Å². The van der Waals surface area contributed by atoms with Crippen molar-refractivity contribution in [3.05, 3.63) is 0 Å². The summed E-state index contributed by atoms with van der Waals surface area (Å²) >= 11 is 1.35. The van der Waals surface area contributed by atoms with Crippen molar-refractivity contribution >= 4 is 23.0 Å². The molecule has 13 heavy (non-hydrogen) atoms. The van der Waals surface area contributed by atoms with Crippen LogP contribution >= 0.6 is 11.8 Å². The van der Waals surface area contributed by atoms with Gasteiger partial charge in [0.15, 0.2) is 5.17 Å². The van der Waals surface area contributed by atoms with E-state index in [2.05, 4.69) is 10.4 Å². The largest absolute Gasteiger partial charge is 0.377 e. The molecular formula is C6H13N5OS. The SMILES string of the molecule is NN=C(N)SCCN1CCNC1=O. The van der Waals surface area contributed by atoms with Gasteiger partial charge in [0, 0.05) is 25.4 Å². The van der Waals surface area contributed by atoms with Gasteiger partial charge in [-0.1, -0.05) is 11.8 Å². The molecule has 7 heteroatoms. The van der Waals surface area contributed by atoms with Crippen molar-refractivity contribution in [1.29, 1.82) is 0 Å². The number of nitrogens with zero attached hydrogens (tertiary/aromatic N) is 2. The number of amidine groups is 1. The van der Waals surface area contributed by atoms with E-state index in [1.165, 1.54) is 11.8 Å². The summed E-state index contributed by atoms with van der Waals surface area (Å²) in [6.07, 6.45) is 0. The zero-order valence-corrected chi connectivity index (χ0v) is 8.01. The molecule has 1 fully saturated rings. The number of hydrogen-bond donors (Lipinski definition) is 3. The average molecular weight is 203 g/mol. The Morgan fingerprint density at radius 3 is 3.08 bits per heavy atom. The summed E-state index contributed by atoms with van der Waals surface area (Å²) in [5.74, 6) is 5.66. The maximum atomic E-state index is 11.0. The molecule has 0 bridgehead atoms. The third-order valence-electron chi connectivity index (χ3n) is 1.68. The van der Waals surface area contributed by atoms with E-state index >= 15 is 0 Å². The zero-order valence-electron chi connectivity index (χ0n) is 7.19. The number of nitrogens with two attached hydrogens (primary N) is 2. The second-order valence-corrected chi connectivity index (χ2v) is 3.65. The normalized spacial score (nSPS) is 17.7. The van der Waals surface area contributed by atoms with Gasteiger partial charge in [-0.3, -0.25) is 0 Å². The number of hydrogen-bond acceptors (Lipinski definition) is 4. The zero-order chi connectivity index (χ0) is 9.68. The Labute approximate surface area is 80.7 Å². The Kier molecular flexibility index (Phi) is 3.69. The van der Waals surface area contributed by atoms with Crippen molar-refractivity contribution in [3.63, 3.8) is 0 Å². The highest BCUT2D eigenvalue weighted by molar-refractivity contribution is 8.13. The van der Waals surface area contributed by atoms with Crippen LogP contribution in [-0.2, 0) is 0 Å². The van der Waals surface area contributed by atoms with E-state index in [1.807, 2.05) is 0 Å². The summed E-state index contributed by atoms with van der Waals surface area (Å²) < 4.78 is 0. The molecule has 0 aromatic carbocycles. The molecule has 1 saturated heterocycles. The van der Waals surface area contributed by atoms with E-state index in [0.717, 1.165) is 18.8 Å². The van der Waals surface area contributed by atoms with Crippen LogP contribution in [0.15, 0.2) is 5.10 Å². The van der Waals surface area contributed by atoms with Crippen molar-refractivity contribution in [3.8, 4) is 0 Å². The topological polar surface area (TPSA) is 96.7 Å². The summed E-state index contributed by atoms with van der Waals surface area (Å²) in [5.41, 5.74) is 5.36. The van der Waals surface area contributed by atoms with Crippen LogP contribution in [0.5, 0.6) is 0 Å². The van der Waals surface area contributed by atoms with Gasteiger partial charge < -0.3 is 21.8 Å². The Morgan fingerprint density at radius 1 is 1.77 bits per heavy atom. The molecule has 0 radical (unpaired) electrons. The first kappa shape index (κ1) is 9.97. The van der Waals surface area contributed by atoms with Crippen molar-refractivity contribution in [2.24, 2.45) is 16.7 Å². The number of amides is 2. The van der Waals surface area contributed by atoms with E-state index in [-0.39, 0.29) is 6.03 Å². The summed E-state index contributed by atoms with van der Waals surface area (Å²) in [6, 6.07) is -0.0103. The van der Waals surface area contributed by atoms with Gasteiger partial charge in [0.05, 0.1) is 0 Å². The third kappa shape index (κ3) is 3.02. The van der Waals surface area contributed by atoms with Gasteiger partial charge in [0.25, 0.3) is 0 Å². The van der Waals surface area contributed by atoms with Crippen LogP contribution in [0, 0.1) is 0 Å². The average Bonchev–Trinajstić information content (AvgIpc) is 2.52. The fourth-order valence-electron chi connectivity index (χ4n) is 1.02. The minimum atomic E-state index is -0.0103. The van der Waals surface area contributed by atoms with E-state index < -0.39 is 0 Å². The molecular weight excluding hydrogens is 190 g/mol. The molecule has 0 saturated carbocycles. The monoisotopic (exact) mass is 203 g/mol. The lowest BCUT2D eigenvalue weighted by atomic mass is 10.6. The molecule has 0 spiro atoms. The maximum Gasteiger partial charge on any atom is 0.317 e. The lowest BCUT2D eigenvalue weighted by Gasteiger charge is -2.12. The maximum absolute atomic E-state index is 11.0. The predicted molar refractivity (Wildman–Crippen MR) is 53.2 cm³/mol. The van der Waals surface area contributed by atoms with Crippen molar-refractivity contribution < 1.29 is 4.79 Å². The molecule has 0 aromatic rings. The molecule has 1 aliphatic heterocycles. The van der Waals surface area contributed by atoms with Gasteiger partial charge in [0.1, 0.15) is 0 Å². The summed E-state index contributed by atoms with van der Waals surface area (Å²) in [7, 11) is 0. The Hall–Kier alpha value is -1.11. The van der Waals surface area contributed by atoms with E-state index in [9.17, 15) is 4.79 Å². The van der Waals surface area contributed by atoms with Gasteiger partial charge in [-0.2, -0.15) is 5.10 Å². The molecule has 0 aliphatic carbocycles. The van der Waals surface area contributed by atoms with Crippen LogP contribution < -0.4 is 16.9 Å². The highest BCUT2D eigenvalue weighted by Gasteiger charge is 2.18. The number of nitrogens with one attached hydrogen (secondary N) is 1. The lowest BCUT2D eigenvalue weighted by molar-refractivity contribution is 0.220. The van der Waals surface area contributed by atoms with E-state index in [4.69, 9.17) is 11.6 Å². The minimum Gasteiger partial charge on any atom is -0.377 e. The van der Waals surface area contributed by atoms with Crippen LogP contribution in [0.1, 0.15) is 0 Å². The molecule has 0 atom stereocenters. The first-order valence-corrected chi connectivity index (χ1v) is 4.91. The van der Waals surface area contributed by atoms with Crippen molar-refractivity contribution in [2.45, 2.75) is 0 Å². The first-order valence-electron chi connectivity index (χ1n) is 3.93. The quantitative estimate of drug-likeness (QED) is 0.235. The molecule has 0 unspecified atom stereocenters. The first-order chi connectivity index (χ1) is 6.24. The van der Waals surface area contributed by atoms with Crippen molar-refractivity contribution in [1.82, 2.24) is 10.2 Å². The van der Waals surface area contributed by atoms with Gasteiger partial charge >= 0.3 is 6.03 Å². The fourth-order valence-corrected chi connectivity index (χ4v) is 1.62. The number of rotatable bonds is 3. The Bertz CT molecular complexity index is 219. The third-order valence-corrected chi connectivity index (χ3v) is 2.47. The number of hydrazone groups is 1. The molecule has 0 aromatic heterocycles. The second-order valence-electron chi connectivity index (χ2n) is 2.53.